The Morgan fingerprint density at radius 1 is 1.12 bits per heavy atom. The molecule has 3 rings (SSSR count). The van der Waals surface area contributed by atoms with E-state index in [1.54, 1.807) is 6.20 Å². The van der Waals surface area contributed by atoms with Crippen LogP contribution in [0.5, 0.6) is 5.75 Å². The van der Waals surface area contributed by atoms with E-state index in [-0.39, 0.29) is 0 Å². The van der Waals surface area contributed by atoms with E-state index in [4.69, 9.17) is 9.26 Å². The van der Waals surface area contributed by atoms with Crippen LogP contribution in [0.4, 0.5) is 0 Å². The van der Waals surface area contributed by atoms with Crippen molar-refractivity contribution in [1.29, 1.82) is 0 Å². The molecule has 0 aliphatic carbocycles. The molecule has 0 radical (unpaired) electrons. The van der Waals surface area contributed by atoms with E-state index >= 15 is 0 Å². The van der Waals surface area contributed by atoms with Gasteiger partial charge >= 0.3 is 0 Å². The Labute approximate surface area is 140 Å². The maximum atomic E-state index is 5.42. The molecular weight excluding hydrogens is 302 g/mol. The minimum atomic E-state index is 0.575. The minimum Gasteiger partial charge on any atom is -0.494 e. The first-order valence-corrected chi connectivity index (χ1v) is 7.81. The largest absolute Gasteiger partial charge is 0.494 e. The highest BCUT2D eigenvalue weighted by Gasteiger charge is 2.08. The van der Waals surface area contributed by atoms with E-state index in [2.05, 4.69) is 27.0 Å². The maximum absolute atomic E-state index is 5.42. The molecule has 0 aliphatic rings. The molecule has 0 atom stereocenters. The molecule has 3 aromatic rings. The van der Waals surface area contributed by atoms with Gasteiger partial charge in [-0.15, -0.1) is 0 Å². The molecule has 2 heterocycles. The van der Waals surface area contributed by atoms with Gasteiger partial charge in [-0.05, 0) is 49.2 Å². The van der Waals surface area contributed by atoms with E-state index in [0.29, 0.717) is 31.2 Å². The average Bonchev–Trinajstić information content (AvgIpc) is 3.10. The Bertz CT molecular complexity index is 830. The molecule has 2 aromatic heterocycles. The first-order valence-electron chi connectivity index (χ1n) is 7.81. The summed E-state index contributed by atoms with van der Waals surface area (Å²) in [5, 5.41) is 4.01. The zero-order valence-electron chi connectivity index (χ0n) is 13.4. The third kappa shape index (κ3) is 4.20. The summed E-state index contributed by atoms with van der Waals surface area (Å²) in [7, 11) is 0. The molecule has 0 saturated carbocycles. The predicted molar refractivity (Wildman–Crippen MR) is 90.3 cm³/mol. The topological polar surface area (TPSA) is 61.0 Å². The molecule has 0 spiro atoms. The average molecular weight is 319 g/mol. The molecule has 1 aromatic carbocycles. The summed E-state index contributed by atoms with van der Waals surface area (Å²) in [6.07, 6.45) is 2.98. The fourth-order valence-corrected chi connectivity index (χ4v) is 2.10. The zero-order valence-corrected chi connectivity index (χ0v) is 13.4. The number of ether oxygens (including phenoxy) is 1. The second kappa shape index (κ2) is 7.93. The highest BCUT2D eigenvalue weighted by Crippen LogP contribution is 2.20. The maximum Gasteiger partial charge on any atom is 0.227 e. The summed E-state index contributed by atoms with van der Waals surface area (Å²) in [5.74, 6) is 8.05. The Morgan fingerprint density at radius 3 is 2.75 bits per heavy atom. The quantitative estimate of drug-likeness (QED) is 0.673. The van der Waals surface area contributed by atoms with Gasteiger partial charge in [-0.25, -0.2) is 4.98 Å². The van der Waals surface area contributed by atoms with Crippen LogP contribution in [0.25, 0.3) is 11.4 Å². The van der Waals surface area contributed by atoms with Gasteiger partial charge in [0.2, 0.25) is 11.7 Å². The normalized spacial score (nSPS) is 10.0. The molecule has 0 bridgehead atoms. The molecule has 0 amide bonds. The summed E-state index contributed by atoms with van der Waals surface area (Å²) in [5.41, 5.74) is 1.66. The lowest BCUT2D eigenvalue weighted by Gasteiger charge is -2.02. The zero-order chi connectivity index (χ0) is 16.6. The molecular formula is C19H17N3O2. The van der Waals surface area contributed by atoms with E-state index in [9.17, 15) is 0 Å². The van der Waals surface area contributed by atoms with Gasteiger partial charge in [0, 0.05) is 24.6 Å². The molecule has 5 heteroatoms. The van der Waals surface area contributed by atoms with E-state index < -0.39 is 0 Å². The van der Waals surface area contributed by atoms with Crippen LogP contribution in [-0.4, -0.2) is 21.7 Å². The van der Waals surface area contributed by atoms with Crippen LogP contribution in [0.3, 0.4) is 0 Å². The fraction of sp³-hybridized carbons (Fsp3) is 0.211. The number of pyridine rings is 1. The van der Waals surface area contributed by atoms with Crippen LogP contribution < -0.4 is 4.74 Å². The number of rotatable bonds is 5. The third-order valence-electron chi connectivity index (χ3n) is 3.24. The van der Waals surface area contributed by atoms with Crippen molar-refractivity contribution in [3.8, 4) is 29.0 Å². The first-order chi connectivity index (χ1) is 11.8. The summed E-state index contributed by atoms with van der Waals surface area (Å²) in [6.45, 7) is 2.60. The molecule has 0 N–H and O–H groups in total. The van der Waals surface area contributed by atoms with Gasteiger partial charge in [0.05, 0.1) is 6.61 Å². The molecule has 0 unspecified atom stereocenters. The van der Waals surface area contributed by atoms with Gasteiger partial charge in [-0.1, -0.05) is 17.1 Å². The van der Waals surface area contributed by atoms with Crippen LogP contribution in [0, 0.1) is 11.8 Å². The smallest absolute Gasteiger partial charge is 0.227 e. The van der Waals surface area contributed by atoms with Crippen LogP contribution >= 0.6 is 0 Å². The number of aryl methyl sites for hydroxylation is 1. The molecule has 120 valence electrons. The van der Waals surface area contributed by atoms with Gasteiger partial charge in [0.25, 0.3) is 0 Å². The van der Waals surface area contributed by atoms with Gasteiger partial charge in [-0.2, -0.15) is 4.98 Å². The molecule has 0 fully saturated rings. The lowest BCUT2D eigenvalue weighted by atomic mass is 10.2. The number of hydrogen-bond acceptors (Lipinski definition) is 5. The monoisotopic (exact) mass is 319 g/mol. The number of benzene rings is 1. The third-order valence-corrected chi connectivity index (χ3v) is 3.24. The highest BCUT2D eigenvalue weighted by atomic mass is 16.5. The van der Waals surface area contributed by atoms with Crippen molar-refractivity contribution in [2.75, 3.05) is 6.61 Å². The van der Waals surface area contributed by atoms with Gasteiger partial charge in [-0.3, -0.25) is 0 Å². The van der Waals surface area contributed by atoms with Gasteiger partial charge in [0.15, 0.2) is 0 Å². The summed E-state index contributed by atoms with van der Waals surface area (Å²) in [6, 6.07) is 13.3. The van der Waals surface area contributed by atoms with Crippen molar-refractivity contribution < 1.29 is 9.26 Å². The second-order valence-corrected chi connectivity index (χ2v) is 4.99. The Balaban J connectivity index is 1.58. The van der Waals surface area contributed by atoms with Crippen molar-refractivity contribution in [3.05, 3.63) is 60.2 Å². The highest BCUT2D eigenvalue weighted by molar-refractivity contribution is 5.55. The van der Waals surface area contributed by atoms with E-state index in [1.165, 1.54) is 0 Å². The molecule has 0 saturated heterocycles. The Kier molecular flexibility index (Phi) is 5.21. The SMILES string of the molecule is CCOc1ccc(-c2noc(CCC#Cc3ccccn3)n2)cc1. The van der Waals surface area contributed by atoms with Crippen molar-refractivity contribution in [2.45, 2.75) is 19.8 Å². The summed E-state index contributed by atoms with van der Waals surface area (Å²) < 4.78 is 10.7. The number of nitrogens with zero attached hydrogens (tertiary/aromatic N) is 3. The molecule has 0 aliphatic heterocycles. The number of hydrogen-bond donors (Lipinski definition) is 0. The predicted octanol–water partition coefficient (Wildman–Crippen LogP) is 3.51. The van der Waals surface area contributed by atoms with Crippen LogP contribution in [0.1, 0.15) is 24.9 Å². The minimum absolute atomic E-state index is 0.575. The Hall–Kier alpha value is -3.13. The van der Waals surface area contributed by atoms with Crippen LogP contribution in [-0.2, 0) is 6.42 Å². The first kappa shape index (κ1) is 15.8. The Morgan fingerprint density at radius 2 is 2.00 bits per heavy atom. The van der Waals surface area contributed by atoms with Crippen LogP contribution in [0.2, 0.25) is 0 Å². The number of aromatic nitrogens is 3. The lowest BCUT2D eigenvalue weighted by molar-refractivity contribution is 0.340. The standard InChI is InChI=1S/C19H17N3O2/c1-2-23-17-12-10-15(11-13-17)19-21-18(24-22-19)9-4-3-7-16-8-5-6-14-20-16/h5-6,8,10-14H,2,4,9H2,1H3. The molecule has 24 heavy (non-hydrogen) atoms. The van der Waals surface area contributed by atoms with Crippen molar-refractivity contribution in [1.82, 2.24) is 15.1 Å². The van der Waals surface area contributed by atoms with E-state index in [0.717, 1.165) is 17.0 Å². The second-order valence-electron chi connectivity index (χ2n) is 4.99. The molecule has 5 nitrogen and oxygen atoms in total. The van der Waals surface area contributed by atoms with Crippen molar-refractivity contribution in [3.63, 3.8) is 0 Å². The van der Waals surface area contributed by atoms with Gasteiger partial charge in [0.1, 0.15) is 11.4 Å². The summed E-state index contributed by atoms with van der Waals surface area (Å²) >= 11 is 0. The van der Waals surface area contributed by atoms with Crippen molar-refractivity contribution >= 4 is 0 Å². The van der Waals surface area contributed by atoms with Crippen LogP contribution in [0.15, 0.2) is 53.2 Å². The van der Waals surface area contributed by atoms with Crippen molar-refractivity contribution in [2.24, 2.45) is 0 Å². The fourth-order valence-electron chi connectivity index (χ4n) is 2.10. The lowest BCUT2D eigenvalue weighted by Crippen LogP contribution is -1.91. The summed E-state index contributed by atoms with van der Waals surface area (Å²) in [4.78, 5) is 8.55. The van der Waals surface area contributed by atoms with Gasteiger partial charge < -0.3 is 9.26 Å². The van der Waals surface area contributed by atoms with E-state index in [1.807, 2.05) is 49.4 Å².